The fourth-order valence-electron chi connectivity index (χ4n) is 3.00. The lowest BCUT2D eigenvalue weighted by molar-refractivity contribution is -0.177. The molecule has 2 N–H and O–H groups in total. The van der Waals surface area contributed by atoms with Crippen LogP contribution in [0.1, 0.15) is 12.0 Å². The average molecular weight is 321 g/mol. The molecule has 3 rings (SSSR count). The molecule has 8 heteroatoms. The number of rotatable bonds is 1. The third kappa shape index (κ3) is 2.92. The molecule has 2 aromatic rings. The molecule has 1 aromatic carbocycles. The number of hydrogen-bond donors (Lipinski definition) is 1. The number of alkyl halides is 3. The summed E-state index contributed by atoms with van der Waals surface area (Å²) in [5.41, 5.74) is 7.19. The zero-order chi connectivity index (χ0) is 16.6. The van der Waals surface area contributed by atoms with Gasteiger partial charge in [-0.15, -0.1) is 0 Å². The molecular formula is C15H14F3N5. The van der Waals surface area contributed by atoms with Gasteiger partial charge >= 0.3 is 6.18 Å². The van der Waals surface area contributed by atoms with Crippen LogP contribution in [0.15, 0.2) is 24.7 Å². The van der Waals surface area contributed by atoms with Gasteiger partial charge in [0.2, 0.25) is 0 Å². The first-order valence-corrected chi connectivity index (χ1v) is 7.10. The molecule has 1 fully saturated rings. The fourth-order valence-corrected chi connectivity index (χ4v) is 3.00. The number of nitriles is 1. The molecule has 2 atom stereocenters. The minimum Gasteiger partial charge on any atom is -0.369 e. The van der Waals surface area contributed by atoms with Crippen molar-refractivity contribution in [1.82, 2.24) is 9.97 Å². The van der Waals surface area contributed by atoms with E-state index >= 15 is 0 Å². The van der Waals surface area contributed by atoms with Crippen LogP contribution < -0.4 is 10.6 Å². The van der Waals surface area contributed by atoms with Crippen molar-refractivity contribution in [1.29, 1.82) is 5.26 Å². The highest BCUT2D eigenvalue weighted by molar-refractivity contribution is 5.94. The summed E-state index contributed by atoms with van der Waals surface area (Å²) in [6.07, 6.45) is -1.53. The predicted molar refractivity (Wildman–Crippen MR) is 78.6 cm³/mol. The highest BCUT2D eigenvalue weighted by Crippen LogP contribution is 2.36. The van der Waals surface area contributed by atoms with Gasteiger partial charge in [-0.3, -0.25) is 0 Å². The van der Waals surface area contributed by atoms with Crippen LogP contribution in [0.4, 0.5) is 18.9 Å². The van der Waals surface area contributed by atoms with E-state index in [0.29, 0.717) is 28.7 Å². The number of aromatic nitrogens is 2. The van der Waals surface area contributed by atoms with E-state index in [1.54, 1.807) is 17.0 Å². The van der Waals surface area contributed by atoms with E-state index in [1.807, 2.05) is 6.07 Å². The Hall–Kier alpha value is -2.40. The Morgan fingerprint density at radius 2 is 2.09 bits per heavy atom. The van der Waals surface area contributed by atoms with Gasteiger partial charge in [0.25, 0.3) is 0 Å². The fraction of sp³-hybridized carbons (Fsp3) is 0.400. The van der Waals surface area contributed by atoms with Crippen LogP contribution in [0.5, 0.6) is 0 Å². The molecule has 1 saturated heterocycles. The minimum atomic E-state index is -4.28. The molecule has 1 aromatic heterocycles. The summed E-state index contributed by atoms with van der Waals surface area (Å²) in [5, 5.41) is 9.69. The number of piperidine rings is 1. The van der Waals surface area contributed by atoms with E-state index in [9.17, 15) is 13.2 Å². The van der Waals surface area contributed by atoms with Gasteiger partial charge in [0, 0.05) is 36.4 Å². The lowest BCUT2D eigenvalue weighted by Gasteiger charge is -2.38. The second kappa shape index (κ2) is 5.66. The van der Waals surface area contributed by atoms with E-state index in [-0.39, 0.29) is 13.0 Å². The maximum atomic E-state index is 13.1. The van der Waals surface area contributed by atoms with Crippen LogP contribution in [-0.2, 0) is 0 Å². The Morgan fingerprint density at radius 1 is 1.30 bits per heavy atom. The van der Waals surface area contributed by atoms with E-state index in [2.05, 4.69) is 9.97 Å². The minimum absolute atomic E-state index is 0.0787. The lowest BCUT2D eigenvalue weighted by Crippen LogP contribution is -2.51. The molecule has 0 spiro atoms. The summed E-state index contributed by atoms with van der Waals surface area (Å²) < 4.78 is 39.3. The number of fused-ring (bicyclic) bond motifs is 1. The molecule has 0 unspecified atom stereocenters. The highest BCUT2D eigenvalue weighted by atomic mass is 19.4. The van der Waals surface area contributed by atoms with Crippen LogP contribution in [0.25, 0.3) is 10.9 Å². The van der Waals surface area contributed by atoms with E-state index < -0.39 is 18.1 Å². The van der Waals surface area contributed by atoms with Crippen LogP contribution >= 0.6 is 0 Å². The van der Waals surface area contributed by atoms with Crippen LogP contribution in [0, 0.1) is 17.2 Å². The Bertz CT molecular complexity index is 768. The van der Waals surface area contributed by atoms with Crippen molar-refractivity contribution in [3.63, 3.8) is 0 Å². The molecule has 5 nitrogen and oxygen atoms in total. The number of anilines is 1. The topological polar surface area (TPSA) is 78.8 Å². The second-order valence-corrected chi connectivity index (χ2v) is 5.67. The summed E-state index contributed by atoms with van der Waals surface area (Å²) in [6, 6.07) is 4.66. The van der Waals surface area contributed by atoms with Gasteiger partial charge in [-0.25, -0.2) is 9.97 Å². The molecule has 23 heavy (non-hydrogen) atoms. The number of halogens is 3. The third-order valence-electron chi connectivity index (χ3n) is 4.06. The van der Waals surface area contributed by atoms with Crippen LogP contribution in [0.2, 0.25) is 0 Å². The summed E-state index contributed by atoms with van der Waals surface area (Å²) in [5.74, 6) is -1.47. The summed E-state index contributed by atoms with van der Waals surface area (Å²) in [7, 11) is 0. The summed E-state index contributed by atoms with van der Waals surface area (Å²) in [6.45, 7) is 0.162. The molecule has 1 aliphatic heterocycles. The largest absolute Gasteiger partial charge is 0.393 e. The SMILES string of the molecule is N#Cc1ccc(N2C[C@H](N)C[C@H](C(F)(F)F)C2)c2cncnc12. The van der Waals surface area contributed by atoms with Gasteiger partial charge in [-0.05, 0) is 18.6 Å². The van der Waals surface area contributed by atoms with Crippen molar-refractivity contribution in [3.05, 3.63) is 30.2 Å². The Balaban J connectivity index is 2.05. The molecule has 0 saturated carbocycles. The maximum Gasteiger partial charge on any atom is 0.393 e. The van der Waals surface area contributed by atoms with E-state index in [0.717, 1.165) is 0 Å². The van der Waals surface area contributed by atoms with Gasteiger partial charge in [-0.1, -0.05) is 0 Å². The van der Waals surface area contributed by atoms with Crippen molar-refractivity contribution in [2.24, 2.45) is 11.7 Å². The third-order valence-corrected chi connectivity index (χ3v) is 4.06. The monoisotopic (exact) mass is 321 g/mol. The lowest BCUT2D eigenvalue weighted by atomic mass is 9.93. The molecule has 0 aliphatic carbocycles. The van der Waals surface area contributed by atoms with Crippen molar-refractivity contribution < 1.29 is 13.2 Å². The molecule has 0 bridgehead atoms. The zero-order valence-electron chi connectivity index (χ0n) is 12.1. The average Bonchev–Trinajstić information content (AvgIpc) is 2.52. The number of nitrogens with two attached hydrogens (primary N) is 1. The smallest absolute Gasteiger partial charge is 0.369 e. The van der Waals surface area contributed by atoms with Crippen molar-refractivity contribution in [3.8, 4) is 6.07 Å². The Labute approximate surface area is 130 Å². The number of hydrogen-bond acceptors (Lipinski definition) is 5. The molecule has 2 heterocycles. The molecule has 120 valence electrons. The molecular weight excluding hydrogens is 307 g/mol. The normalized spacial score (nSPS) is 22.1. The first-order valence-electron chi connectivity index (χ1n) is 7.10. The van der Waals surface area contributed by atoms with E-state index in [4.69, 9.17) is 11.0 Å². The maximum absolute atomic E-state index is 13.1. The van der Waals surface area contributed by atoms with E-state index in [1.165, 1.54) is 12.5 Å². The first kappa shape index (κ1) is 15.5. The first-order chi connectivity index (χ1) is 10.9. The van der Waals surface area contributed by atoms with Crippen LogP contribution in [0.3, 0.4) is 0 Å². The Morgan fingerprint density at radius 3 is 2.78 bits per heavy atom. The number of nitrogens with zero attached hydrogens (tertiary/aromatic N) is 4. The second-order valence-electron chi connectivity index (χ2n) is 5.67. The van der Waals surface area contributed by atoms with Gasteiger partial charge < -0.3 is 10.6 Å². The summed E-state index contributed by atoms with van der Waals surface area (Å²) in [4.78, 5) is 9.62. The van der Waals surface area contributed by atoms with Gasteiger partial charge in [0.05, 0.1) is 17.0 Å². The van der Waals surface area contributed by atoms with Crippen molar-refractivity contribution in [2.75, 3.05) is 18.0 Å². The highest BCUT2D eigenvalue weighted by Gasteiger charge is 2.44. The van der Waals surface area contributed by atoms with Crippen molar-refractivity contribution >= 4 is 16.6 Å². The summed E-state index contributed by atoms with van der Waals surface area (Å²) >= 11 is 0. The molecule has 0 radical (unpaired) electrons. The Kier molecular flexibility index (Phi) is 3.82. The molecule has 1 aliphatic rings. The van der Waals surface area contributed by atoms with Crippen molar-refractivity contribution in [2.45, 2.75) is 18.6 Å². The quantitative estimate of drug-likeness (QED) is 0.871. The standard InChI is InChI=1S/C15H14F3N5/c16-15(17,18)10-3-11(20)7-23(6-10)13-2-1-9(4-19)14-12(13)5-21-8-22-14/h1-2,5,8,10-11H,3,6-7,20H2/t10-,11+/m0/s1. The van der Waals surface area contributed by atoms with Gasteiger partial charge in [-0.2, -0.15) is 18.4 Å². The van der Waals surface area contributed by atoms with Gasteiger partial charge in [0.1, 0.15) is 12.4 Å². The zero-order valence-corrected chi connectivity index (χ0v) is 12.1. The predicted octanol–water partition coefficient (Wildman–Crippen LogP) is 2.22. The molecule has 0 amide bonds. The van der Waals surface area contributed by atoms with Gasteiger partial charge in [0.15, 0.2) is 0 Å². The number of benzene rings is 1. The van der Waals surface area contributed by atoms with Crippen LogP contribution in [-0.4, -0.2) is 35.3 Å².